The van der Waals surface area contributed by atoms with Gasteiger partial charge in [-0.3, -0.25) is 0 Å². The smallest absolute Gasteiger partial charge is 0.308 e. The van der Waals surface area contributed by atoms with Gasteiger partial charge in [0.2, 0.25) is 0 Å². The molecule has 5 rings (SSSR count). The molecule has 1 aromatic carbocycles. The highest BCUT2D eigenvalue weighted by Gasteiger charge is 2.60. The summed E-state index contributed by atoms with van der Waals surface area (Å²) >= 11 is 0. The molecule has 3 atom stereocenters. The lowest BCUT2D eigenvalue weighted by atomic mass is 9.64. The number of hydrogen-bond donors (Lipinski definition) is 1. The predicted molar refractivity (Wildman–Crippen MR) is 118 cm³/mol. The molecule has 2 aliphatic rings. The van der Waals surface area contributed by atoms with Crippen LogP contribution < -0.4 is 5.32 Å². The number of urea groups is 1. The van der Waals surface area contributed by atoms with E-state index in [2.05, 4.69) is 32.2 Å². The number of nitriles is 1. The van der Waals surface area contributed by atoms with Gasteiger partial charge in [-0.1, -0.05) is 13.0 Å². The average molecular weight is 443 g/mol. The first-order valence-electron chi connectivity index (χ1n) is 10.8. The standard InChI is InChI=1S/C24H22FN7O/c1-14-5-19-8-24(7-14,22-29-10-16(9-26)11-30-22)32(19)23(33)31-18-4-3-15(2)20(6-18)21-27-12-17(25)13-28-21/h3-4,6,10-14,19H,5,7-8H2,1-2H3,(H,31,33). The lowest BCUT2D eigenvalue weighted by Crippen LogP contribution is -2.70. The number of aromatic nitrogens is 4. The second-order valence-corrected chi connectivity index (χ2v) is 8.90. The number of carbonyl (C=O) groups is 1. The van der Waals surface area contributed by atoms with Gasteiger partial charge in [0.15, 0.2) is 17.5 Å². The summed E-state index contributed by atoms with van der Waals surface area (Å²) in [5.74, 6) is 0.897. The zero-order chi connectivity index (χ0) is 23.2. The van der Waals surface area contributed by atoms with E-state index in [0.29, 0.717) is 28.8 Å². The first-order chi connectivity index (χ1) is 15.9. The Morgan fingerprint density at radius 2 is 1.91 bits per heavy atom. The van der Waals surface area contributed by atoms with Gasteiger partial charge in [-0.15, -0.1) is 0 Å². The number of benzene rings is 1. The summed E-state index contributed by atoms with van der Waals surface area (Å²) in [7, 11) is 0. The fourth-order valence-corrected chi connectivity index (χ4v) is 5.16. The van der Waals surface area contributed by atoms with E-state index in [0.717, 1.165) is 42.8 Å². The van der Waals surface area contributed by atoms with E-state index in [1.165, 1.54) is 12.4 Å². The Balaban J connectivity index is 1.43. The summed E-state index contributed by atoms with van der Waals surface area (Å²) in [6, 6.07) is 7.41. The molecular formula is C24H22FN7O. The summed E-state index contributed by atoms with van der Waals surface area (Å²) in [6.45, 7) is 4.08. The van der Waals surface area contributed by atoms with E-state index in [-0.39, 0.29) is 12.1 Å². The van der Waals surface area contributed by atoms with Crippen LogP contribution in [0, 0.1) is 30.0 Å². The maximum Gasteiger partial charge on any atom is 0.322 e. The molecule has 4 heterocycles. The van der Waals surface area contributed by atoms with E-state index in [1.807, 2.05) is 30.0 Å². The molecule has 2 bridgehead atoms. The lowest BCUT2D eigenvalue weighted by molar-refractivity contribution is -0.100. The largest absolute Gasteiger partial charge is 0.322 e. The Morgan fingerprint density at radius 3 is 2.61 bits per heavy atom. The molecule has 0 spiro atoms. The van der Waals surface area contributed by atoms with E-state index >= 15 is 0 Å². The third-order valence-electron chi connectivity index (χ3n) is 6.53. The molecule has 0 saturated carbocycles. The Morgan fingerprint density at radius 1 is 1.18 bits per heavy atom. The highest BCUT2D eigenvalue weighted by molar-refractivity contribution is 5.92. The quantitative estimate of drug-likeness (QED) is 0.651. The number of halogens is 1. The molecule has 2 aliphatic heterocycles. The van der Waals surface area contributed by atoms with Crippen LogP contribution in [0.25, 0.3) is 11.4 Å². The predicted octanol–water partition coefficient (Wildman–Crippen LogP) is 4.18. The summed E-state index contributed by atoms with van der Waals surface area (Å²) < 4.78 is 13.2. The van der Waals surface area contributed by atoms with E-state index < -0.39 is 11.4 Å². The van der Waals surface area contributed by atoms with Crippen molar-refractivity contribution in [3.8, 4) is 17.5 Å². The molecule has 0 radical (unpaired) electrons. The van der Waals surface area contributed by atoms with Gasteiger partial charge in [0, 0.05) is 29.7 Å². The van der Waals surface area contributed by atoms with Crippen LogP contribution in [-0.4, -0.2) is 36.9 Å². The van der Waals surface area contributed by atoms with Gasteiger partial charge in [-0.05, 0) is 49.8 Å². The van der Waals surface area contributed by atoms with Crippen molar-refractivity contribution in [2.75, 3.05) is 5.32 Å². The Labute approximate surface area is 190 Å². The summed E-state index contributed by atoms with van der Waals surface area (Å²) in [6.07, 6.45) is 7.76. The number of rotatable bonds is 3. The van der Waals surface area contributed by atoms with Crippen molar-refractivity contribution in [3.05, 3.63) is 65.8 Å². The van der Waals surface area contributed by atoms with E-state index in [4.69, 9.17) is 5.26 Å². The molecule has 3 aromatic rings. The molecule has 33 heavy (non-hydrogen) atoms. The number of fused-ring (bicyclic) bond motifs is 2. The maximum atomic E-state index is 13.4. The van der Waals surface area contributed by atoms with Crippen LogP contribution in [0.3, 0.4) is 0 Å². The number of nitrogens with zero attached hydrogens (tertiary/aromatic N) is 6. The van der Waals surface area contributed by atoms with Crippen molar-refractivity contribution in [2.45, 2.75) is 44.7 Å². The summed E-state index contributed by atoms with van der Waals surface area (Å²) in [5.41, 5.74) is 2.05. The van der Waals surface area contributed by atoms with Crippen LogP contribution in [0.5, 0.6) is 0 Å². The zero-order valence-electron chi connectivity index (χ0n) is 18.3. The Kier molecular flexibility index (Phi) is 5.01. The van der Waals surface area contributed by atoms with Crippen LogP contribution >= 0.6 is 0 Å². The van der Waals surface area contributed by atoms with Gasteiger partial charge in [-0.2, -0.15) is 5.26 Å². The van der Waals surface area contributed by atoms with Gasteiger partial charge in [0.25, 0.3) is 0 Å². The van der Waals surface area contributed by atoms with Gasteiger partial charge in [0.1, 0.15) is 11.6 Å². The summed E-state index contributed by atoms with van der Waals surface area (Å²) in [4.78, 5) is 32.2. The Hall–Kier alpha value is -3.93. The number of hydrogen-bond acceptors (Lipinski definition) is 6. The third kappa shape index (κ3) is 3.57. The molecule has 2 amide bonds. The van der Waals surface area contributed by atoms with Crippen LogP contribution in [-0.2, 0) is 5.54 Å². The minimum Gasteiger partial charge on any atom is -0.308 e. The van der Waals surface area contributed by atoms with Crippen LogP contribution in [0.1, 0.15) is 43.1 Å². The van der Waals surface area contributed by atoms with Gasteiger partial charge >= 0.3 is 6.03 Å². The molecule has 166 valence electrons. The number of carbonyl (C=O) groups excluding carboxylic acids is 1. The number of amides is 2. The molecule has 2 saturated heterocycles. The fourth-order valence-electron chi connectivity index (χ4n) is 5.16. The highest BCUT2D eigenvalue weighted by atomic mass is 19.1. The minimum atomic E-state index is -0.575. The topological polar surface area (TPSA) is 108 Å². The normalized spacial score (nSPS) is 23.4. The van der Waals surface area contributed by atoms with Gasteiger partial charge in [0.05, 0.1) is 18.0 Å². The van der Waals surface area contributed by atoms with Crippen LogP contribution in [0.15, 0.2) is 43.0 Å². The number of nitrogens with one attached hydrogen (secondary N) is 1. The van der Waals surface area contributed by atoms with Crippen molar-refractivity contribution < 1.29 is 9.18 Å². The summed E-state index contributed by atoms with van der Waals surface area (Å²) in [5, 5.41) is 12.1. The van der Waals surface area contributed by atoms with Crippen molar-refractivity contribution in [2.24, 2.45) is 5.92 Å². The first-order valence-corrected chi connectivity index (χ1v) is 10.8. The molecule has 9 heteroatoms. The monoisotopic (exact) mass is 443 g/mol. The molecule has 1 N–H and O–H groups in total. The van der Waals surface area contributed by atoms with Crippen molar-refractivity contribution >= 4 is 11.7 Å². The Bertz CT molecular complexity index is 1260. The lowest BCUT2D eigenvalue weighted by Gasteiger charge is -2.62. The second-order valence-electron chi connectivity index (χ2n) is 8.90. The van der Waals surface area contributed by atoms with Gasteiger partial charge < -0.3 is 10.2 Å². The average Bonchev–Trinajstić information content (AvgIpc) is 2.80. The maximum absolute atomic E-state index is 13.4. The third-order valence-corrected chi connectivity index (χ3v) is 6.53. The molecule has 2 aromatic heterocycles. The number of piperidine rings is 1. The van der Waals surface area contributed by atoms with Crippen molar-refractivity contribution in [3.63, 3.8) is 0 Å². The van der Waals surface area contributed by atoms with E-state index in [9.17, 15) is 9.18 Å². The number of aryl methyl sites for hydroxylation is 1. The molecule has 8 nitrogen and oxygen atoms in total. The van der Waals surface area contributed by atoms with Crippen molar-refractivity contribution in [1.82, 2.24) is 24.8 Å². The van der Waals surface area contributed by atoms with Crippen molar-refractivity contribution in [1.29, 1.82) is 5.26 Å². The number of anilines is 1. The molecule has 3 unspecified atom stereocenters. The van der Waals surface area contributed by atoms with Crippen LogP contribution in [0.4, 0.5) is 14.9 Å². The second kappa shape index (κ2) is 7.89. The zero-order valence-corrected chi connectivity index (χ0v) is 18.3. The fraction of sp³-hybridized carbons (Fsp3) is 0.333. The highest BCUT2D eigenvalue weighted by Crippen LogP contribution is 2.55. The SMILES string of the molecule is Cc1ccc(NC(=O)N2C3CC(C)CC2(c2ncc(C#N)cn2)C3)cc1-c1ncc(F)cn1. The minimum absolute atomic E-state index is 0.110. The molecule has 0 aliphatic carbocycles. The van der Waals surface area contributed by atoms with Gasteiger partial charge in [-0.25, -0.2) is 29.1 Å². The van der Waals surface area contributed by atoms with Crippen LogP contribution in [0.2, 0.25) is 0 Å². The first kappa shape index (κ1) is 20.9. The molecular weight excluding hydrogens is 421 g/mol. The van der Waals surface area contributed by atoms with E-state index in [1.54, 1.807) is 6.07 Å². The molecule has 2 fully saturated rings.